The van der Waals surface area contributed by atoms with Crippen LogP contribution in [0.25, 0.3) is 22.7 Å². The van der Waals surface area contributed by atoms with E-state index in [2.05, 4.69) is 247 Å². The van der Waals surface area contributed by atoms with Crippen LogP contribution in [0.15, 0.2) is 142 Å². The molecule has 0 saturated heterocycles. The molecule has 19 heteroatoms. The smallest absolute Gasteiger partial charge is 0.254 e. The van der Waals surface area contributed by atoms with Crippen molar-refractivity contribution in [3.05, 3.63) is 209 Å². The van der Waals surface area contributed by atoms with Crippen molar-refractivity contribution in [2.75, 3.05) is 13.5 Å². The normalized spacial score (nSPS) is 13.5. The lowest BCUT2D eigenvalue weighted by Gasteiger charge is -2.20. The number of aryl methyl sites for hydroxylation is 12. The summed E-state index contributed by atoms with van der Waals surface area (Å²) < 4.78 is 35.9. The summed E-state index contributed by atoms with van der Waals surface area (Å²) >= 11 is 0. The molecule has 14 nitrogen and oxygen atoms in total. The minimum Gasteiger partial charge on any atom is -1.00 e. The Bertz CT molecular complexity index is 3470. The van der Waals surface area contributed by atoms with Crippen molar-refractivity contribution in [2.45, 2.75) is 211 Å². The van der Waals surface area contributed by atoms with Gasteiger partial charge in [-0.3, -0.25) is 0 Å². The highest BCUT2D eigenvalue weighted by Gasteiger charge is 2.27. The van der Waals surface area contributed by atoms with Gasteiger partial charge in [0.2, 0.25) is 19.0 Å². The monoisotopic (exact) mass is 1410 g/mol. The molecule has 1 unspecified atom stereocenters. The number of rotatable bonds is 12. The molecule has 530 valence electrons. The first-order chi connectivity index (χ1) is 43.5. The topological polar surface area (TPSA) is 114 Å². The van der Waals surface area contributed by atoms with Crippen molar-refractivity contribution in [1.82, 2.24) is 22.8 Å². The second kappa shape index (κ2) is 40.3. The van der Waals surface area contributed by atoms with Crippen LogP contribution < -0.4 is 77.4 Å². The average molecular weight is 1420 g/mol. The van der Waals surface area contributed by atoms with Crippen molar-refractivity contribution in [1.29, 1.82) is 0 Å². The van der Waals surface area contributed by atoms with Gasteiger partial charge in [0.25, 0.3) is 12.7 Å². The summed E-state index contributed by atoms with van der Waals surface area (Å²) in [4.78, 5) is 9.92. The van der Waals surface area contributed by atoms with E-state index in [-0.39, 0.29) is 49.6 Å². The van der Waals surface area contributed by atoms with Crippen molar-refractivity contribution in [3.63, 3.8) is 0 Å². The SMILES string of the molecule is COP(=O)([O-])CO.Cc1cc(C(C)C)c(-n2cc[n+](-c3c(C(C)C)cc(C)cc3C(C)C)c2)c(C(C)C)c1.Cc1cc(C)c(-n2cc[n+](-c3c(C)cc(C)cc3C)c2)c(C)c1.Cn1cc[n+](C)c1.Cn1cc[n+](C)c1.[Cl-].[Cl-].[Cl-].[Cl-].c1c[n+](C2CCCCC2)cn1C1CCCCC1. The van der Waals surface area contributed by atoms with Gasteiger partial charge in [-0.2, -0.15) is 0 Å². The van der Waals surface area contributed by atoms with Crippen LogP contribution in [0.2, 0.25) is 0 Å². The van der Waals surface area contributed by atoms with E-state index in [9.17, 15) is 9.46 Å². The van der Waals surface area contributed by atoms with Crippen molar-refractivity contribution >= 4 is 7.60 Å². The van der Waals surface area contributed by atoms with Crippen LogP contribution in [0.4, 0.5) is 0 Å². The number of aromatic nitrogens is 10. The zero-order chi connectivity index (χ0) is 67.7. The van der Waals surface area contributed by atoms with E-state index in [1.54, 1.807) is 0 Å². The number of hydrogen-bond acceptors (Lipinski definition) is 4. The summed E-state index contributed by atoms with van der Waals surface area (Å²) in [5.74, 6) is 1.89. The Morgan fingerprint density at radius 1 is 0.479 bits per heavy atom. The first-order valence-corrected chi connectivity index (χ1v) is 35.4. The molecule has 96 heavy (non-hydrogen) atoms. The summed E-state index contributed by atoms with van der Waals surface area (Å²) in [5.41, 5.74) is 21.5. The highest BCUT2D eigenvalue weighted by molar-refractivity contribution is 7.51. The third kappa shape index (κ3) is 24.6. The Hall–Kier alpha value is -5.80. The van der Waals surface area contributed by atoms with Gasteiger partial charge in [-0.05, 0) is 153 Å². The Morgan fingerprint density at radius 2 is 0.854 bits per heavy atom. The number of aliphatic hydroxyl groups excluding tert-OH is 1. The van der Waals surface area contributed by atoms with E-state index in [0.717, 1.165) is 19.2 Å². The molecule has 11 rings (SSSR count). The number of benzene rings is 4. The fourth-order valence-electron chi connectivity index (χ4n) is 13.2. The lowest BCUT2D eigenvalue weighted by Crippen LogP contribution is -3.00. The number of nitrogens with zero attached hydrogens (tertiary/aromatic N) is 10. The standard InChI is InChI=1S/C29H41N2.C21H25N2.C15H25N2.2C5H9N2.C2H7O4P.4ClH/c1-18(2)24-13-22(9)14-25(19(3)4)28(24)30-11-12-31(17-30)29-26(20(5)6)15-23(10)16-27(29)21(7)8;1-14-9-16(3)20(17(4)10-14)22-7-8-23(13-22)21-18(5)11-15(2)12-19(21)6;1-3-7-14(8-4-1)16-11-12-17(13-16)15-9-5-2-6-10-15;2*1-6-3-4-7(2)5-6;1-6-7(4,5)2-3;;;;/h11-21H,1-10H3;7-13H,1-6H3;11-15H,1-10H2;2*3-5H,1-2H3;3H,2H2,1H3,(H,4,5);4*1H/q5*+1;;;;;/p-5. The molecular weight excluding hydrogens is 1300 g/mol. The molecule has 0 spiro atoms. The molecule has 0 amide bonds. The van der Waals surface area contributed by atoms with Gasteiger partial charge in [0.05, 0.1) is 28.2 Å². The lowest BCUT2D eigenvalue weighted by atomic mass is 9.90. The quantitative estimate of drug-likeness (QED) is 0.150. The van der Waals surface area contributed by atoms with E-state index in [4.69, 9.17) is 5.11 Å². The number of hydrogen-bond donors (Lipinski definition) is 1. The lowest BCUT2D eigenvalue weighted by molar-refractivity contribution is -0.725. The summed E-state index contributed by atoms with van der Waals surface area (Å²) in [6, 6.07) is 20.0. The Balaban J connectivity index is 0.000000425. The molecule has 0 aliphatic heterocycles. The molecule has 0 radical (unpaired) electrons. The Labute approximate surface area is 602 Å². The van der Waals surface area contributed by atoms with E-state index in [1.807, 2.05) is 83.9 Å². The molecule has 1 atom stereocenters. The second-order valence-corrected chi connectivity index (χ2v) is 29.3. The molecule has 2 aliphatic carbocycles. The van der Waals surface area contributed by atoms with E-state index in [0.29, 0.717) is 23.7 Å². The molecule has 2 saturated carbocycles. The van der Waals surface area contributed by atoms with Gasteiger partial charge in [-0.25, -0.2) is 45.7 Å². The summed E-state index contributed by atoms with van der Waals surface area (Å²) in [7, 11) is 5.16. The zero-order valence-electron chi connectivity index (χ0n) is 61.6. The number of halogens is 4. The summed E-state index contributed by atoms with van der Waals surface area (Å²) in [6.07, 6.45) is 45.4. The van der Waals surface area contributed by atoms with Crippen molar-refractivity contribution < 1.29 is 91.6 Å². The fraction of sp³-hybridized carbons (Fsp3) is 0.494. The maximum atomic E-state index is 9.92. The van der Waals surface area contributed by atoms with Gasteiger partial charge < -0.3 is 68.7 Å². The molecule has 0 bridgehead atoms. The van der Waals surface area contributed by atoms with Gasteiger partial charge in [0.15, 0.2) is 7.60 Å². The molecule has 5 aromatic heterocycles. The molecule has 4 aromatic carbocycles. The molecule has 9 aromatic rings. The van der Waals surface area contributed by atoms with Gasteiger partial charge in [0, 0.05) is 29.4 Å². The first-order valence-electron chi connectivity index (χ1n) is 33.6. The van der Waals surface area contributed by atoms with Crippen LogP contribution in [0, 0.1) is 55.4 Å². The van der Waals surface area contributed by atoms with Crippen molar-refractivity contribution in [3.8, 4) is 22.7 Å². The summed E-state index contributed by atoms with van der Waals surface area (Å²) in [5, 5.41) is 7.89. The van der Waals surface area contributed by atoms with Gasteiger partial charge >= 0.3 is 0 Å². The molecule has 5 heterocycles. The zero-order valence-corrected chi connectivity index (χ0v) is 65.5. The third-order valence-electron chi connectivity index (χ3n) is 17.6. The maximum absolute atomic E-state index is 9.92. The van der Waals surface area contributed by atoms with Crippen LogP contribution in [-0.4, -0.2) is 41.4 Å². The third-order valence-corrected chi connectivity index (χ3v) is 18.5. The minimum absolute atomic E-state index is 0. The van der Waals surface area contributed by atoms with Gasteiger partial charge in [-0.15, -0.1) is 0 Å². The van der Waals surface area contributed by atoms with Crippen LogP contribution in [-0.2, 0) is 37.3 Å². The van der Waals surface area contributed by atoms with Crippen LogP contribution in [0.5, 0.6) is 0 Å². The molecular formula is C77H115Cl4N10O4P. The largest absolute Gasteiger partial charge is 1.00 e. The summed E-state index contributed by atoms with van der Waals surface area (Å²) in [6.45, 7) is 35.9. The highest BCUT2D eigenvalue weighted by Crippen LogP contribution is 2.35. The maximum Gasteiger partial charge on any atom is 0.254 e. The fourth-order valence-corrected chi connectivity index (χ4v) is 13.3. The molecule has 2 aliphatic rings. The Kier molecular flexibility index (Phi) is 36.2. The van der Waals surface area contributed by atoms with Gasteiger partial charge in [-0.1, -0.05) is 139 Å². The molecule has 2 fully saturated rings. The molecule has 1 N–H and O–H groups in total. The average Bonchev–Trinajstić information content (AvgIpc) is 1.47. The minimum atomic E-state index is -3.85. The van der Waals surface area contributed by atoms with Crippen LogP contribution >= 0.6 is 7.60 Å². The van der Waals surface area contributed by atoms with Gasteiger partial charge in [0.1, 0.15) is 103 Å². The van der Waals surface area contributed by atoms with E-state index < -0.39 is 13.9 Å². The second-order valence-electron chi connectivity index (χ2n) is 27.5. The van der Waals surface area contributed by atoms with Crippen molar-refractivity contribution in [2.24, 2.45) is 28.2 Å². The highest BCUT2D eigenvalue weighted by atomic mass is 35.5. The van der Waals surface area contributed by atoms with E-state index in [1.165, 1.54) is 154 Å². The first kappa shape index (κ1) is 86.3. The van der Waals surface area contributed by atoms with Crippen LogP contribution in [0.1, 0.15) is 222 Å². The number of imidazole rings is 5. The number of aliphatic hydroxyl groups is 1. The predicted octanol–water partition coefficient (Wildman–Crippen LogP) is 3.11. The van der Waals surface area contributed by atoms with E-state index >= 15 is 0 Å². The Morgan fingerprint density at radius 3 is 1.21 bits per heavy atom. The van der Waals surface area contributed by atoms with Crippen LogP contribution in [0.3, 0.4) is 0 Å². The predicted molar refractivity (Wildman–Crippen MR) is 373 cm³/mol.